The molecule has 31 heavy (non-hydrogen) atoms. The molecule has 3 rings (SSSR count). The van der Waals surface area contributed by atoms with Crippen molar-refractivity contribution in [1.29, 1.82) is 0 Å². The average Bonchev–Trinajstić information content (AvgIpc) is 3.26. The first-order valence-corrected chi connectivity index (χ1v) is 11.6. The Morgan fingerprint density at radius 3 is 2.52 bits per heavy atom. The third-order valence-corrected chi connectivity index (χ3v) is 5.67. The quantitative estimate of drug-likeness (QED) is 0.369. The number of hydrogen-bond acceptors (Lipinski definition) is 3. The van der Waals surface area contributed by atoms with Crippen LogP contribution in [0.1, 0.15) is 57.4 Å². The molecule has 0 aromatic heterocycles. The molecule has 1 heterocycles. The first-order valence-electron chi connectivity index (χ1n) is 11.6. The molecule has 1 amide bonds. The highest BCUT2D eigenvalue weighted by molar-refractivity contribution is 5.73. The van der Waals surface area contributed by atoms with E-state index in [0.29, 0.717) is 12.6 Å². The van der Waals surface area contributed by atoms with Crippen LogP contribution in [0.3, 0.4) is 0 Å². The Hall–Kier alpha value is -2.59. The fourth-order valence-electron chi connectivity index (χ4n) is 3.95. The van der Waals surface area contributed by atoms with Crippen molar-refractivity contribution in [3.63, 3.8) is 0 Å². The summed E-state index contributed by atoms with van der Waals surface area (Å²) in [5.41, 5.74) is 1.19. The molecule has 0 bridgehead atoms. The van der Waals surface area contributed by atoms with E-state index in [0.717, 1.165) is 50.3 Å². The molecule has 0 radical (unpaired) electrons. The lowest BCUT2D eigenvalue weighted by Gasteiger charge is -2.23. The van der Waals surface area contributed by atoms with Crippen molar-refractivity contribution in [1.82, 2.24) is 4.90 Å². The Bertz CT molecular complexity index is 801. The van der Waals surface area contributed by atoms with E-state index in [4.69, 9.17) is 9.47 Å². The molecule has 0 unspecified atom stereocenters. The van der Waals surface area contributed by atoms with Gasteiger partial charge in [0.25, 0.3) is 0 Å². The average molecular weight is 422 g/mol. The molecule has 1 aliphatic rings. The minimum absolute atomic E-state index is 0.176. The number of allylic oxidation sites excluding steroid dienone is 1. The number of para-hydroxylation sites is 1. The summed E-state index contributed by atoms with van der Waals surface area (Å²) in [6.45, 7) is 4.04. The van der Waals surface area contributed by atoms with Crippen LogP contribution >= 0.6 is 0 Å². The lowest BCUT2D eigenvalue weighted by molar-refractivity contribution is -0.130. The largest absolute Gasteiger partial charge is 0.457 e. The van der Waals surface area contributed by atoms with Crippen LogP contribution in [0.25, 0.3) is 6.08 Å². The van der Waals surface area contributed by atoms with E-state index < -0.39 is 0 Å². The second-order valence-corrected chi connectivity index (χ2v) is 8.17. The van der Waals surface area contributed by atoms with Crippen molar-refractivity contribution in [2.45, 2.75) is 57.9 Å². The number of benzene rings is 2. The van der Waals surface area contributed by atoms with Gasteiger partial charge in [0.2, 0.25) is 5.91 Å². The molecule has 4 heteroatoms. The number of unbranched alkanes of at least 4 members (excludes halogenated alkanes) is 4. The van der Waals surface area contributed by atoms with Crippen LogP contribution in [0.4, 0.5) is 0 Å². The van der Waals surface area contributed by atoms with Gasteiger partial charge in [-0.05, 0) is 61.9 Å². The Kier molecular flexibility index (Phi) is 9.65. The van der Waals surface area contributed by atoms with Crippen molar-refractivity contribution in [3.8, 4) is 11.5 Å². The molecule has 0 N–H and O–H groups in total. The van der Waals surface area contributed by atoms with E-state index in [2.05, 4.69) is 24.3 Å². The van der Waals surface area contributed by atoms with Gasteiger partial charge in [-0.3, -0.25) is 4.79 Å². The zero-order valence-corrected chi connectivity index (χ0v) is 18.7. The number of nitrogens with zero attached hydrogens (tertiary/aromatic N) is 1. The van der Waals surface area contributed by atoms with Gasteiger partial charge in [-0.25, -0.2) is 0 Å². The van der Waals surface area contributed by atoms with Crippen molar-refractivity contribution >= 4 is 12.0 Å². The van der Waals surface area contributed by atoms with Gasteiger partial charge in [0.05, 0.1) is 12.6 Å². The van der Waals surface area contributed by atoms with Crippen LogP contribution < -0.4 is 4.74 Å². The third-order valence-electron chi connectivity index (χ3n) is 5.67. The van der Waals surface area contributed by atoms with Gasteiger partial charge in [0.1, 0.15) is 11.5 Å². The molecular formula is C27H35NO3. The second kappa shape index (κ2) is 13.0. The summed E-state index contributed by atoms with van der Waals surface area (Å²) in [5, 5.41) is 0. The van der Waals surface area contributed by atoms with Gasteiger partial charge in [-0.1, -0.05) is 55.3 Å². The molecule has 4 nitrogen and oxygen atoms in total. The highest BCUT2D eigenvalue weighted by atomic mass is 16.5. The fourth-order valence-corrected chi connectivity index (χ4v) is 3.95. The predicted molar refractivity (Wildman–Crippen MR) is 126 cm³/mol. The molecule has 0 aliphatic carbocycles. The molecule has 0 spiro atoms. The second-order valence-electron chi connectivity index (χ2n) is 8.17. The highest BCUT2D eigenvalue weighted by Crippen LogP contribution is 2.21. The summed E-state index contributed by atoms with van der Waals surface area (Å²) in [4.78, 5) is 13.5. The van der Waals surface area contributed by atoms with Crippen LogP contribution in [0.5, 0.6) is 11.5 Å². The Morgan fingerprint density at radius 1 is 1.00 bits per heavy atom. The Labute approximate surface area is 186 Å². The number of carbonyl (C=O) groups excluding carboxylic acids is 1. The van der Waals surface area contributed by atoms with E-state index >= 15 is 0 Å². The fraction of sp³-hybridized carbons (Fsp3) is 0.444. The first-order chi connectivity index (χ1) is 15.2. The summed E-state index contributed by atoms with van der Waals surface area (Å²) >= 11 is 0. The lowest BCUT2D eigenvalue weighted by Crippen LogP contribution is -2.36. The van der Waals surface area contributed by atoms with Crippen molar-refractivity contribution in [2.24, 2.45) is 0 Å². The van der Waals surface area contributed by atoms with E-state index in [1.165, 1.54) is 24.8 Å². The molecule has 2 aromatic rings. The molecule has 166 valence electrons. The predicted octanol–water partition coefficient (Wildman–Crippen LogP) is 6.47. The van der Waals surface area contributed by atoms with Gasteiger partial charge in [-0.2, -0.15) is 0 Å². The molecule has 1 aliphatic heterocycles. The summed E-state index contributed by atoms with van der Waals surface area (Å²) in [6, 6.07) is 18.3. The van der Waals surface area contributed by atoms with Crippen LogP contribution in [0.2, 0.25) is 0 Å². The maximum Gasteiger partial charge on any atom is 0.219 e. The molecule has 1 fully saturated rings. The summed E-state index contributed by atoms with van der Waals surface area (Å²) in [5.74, 6) is 1.89. The number of carbonyl (C=O) groups is 1. The summed E-state index contributed by atoms with van der Waals surface area (Å²) in [6.07, 6.45) is 12.4. The number of amides is 1. The highest BCUT2D eigenvalue weighted by Gasteiger charge is 2.26. The van der Waals surface area contributed by atoms with E-state index in [1.54, 1.807) is 6.92 Å². The lowest BCUT2D eigenvalue weighted by atomic mass is 10.1. The molecular weight excluding hydrogens is 386 g/mol. The molecule has 1 atom stereocenters. The maximum absolute atomic E-state index is 11.5. The normalized spacial score (nSPS) is 16.2. The zero-order chi connectivity index (χ0) is 21.7. The topological polar surface area (TPSA) is 38.8 Å². The number of hydrogen-bond donors (Lipinski definition) is 0. The van der Waals surface area contributed by atoms with Crippen LogP contribution in [-0.2, 0) is 9.53 Å². The van der Waals surface area contributed by atoms with E-state index in [-0.39, 0.29) is 5.91 Å². The van der Waals surface area contributed by atoms with Gasteiger partial charge >= 0.3 is 0 Å². The SMILES string of the molecule is CC(=O)N1CCC[C@H]1COCCCCCC/C=C/c1ccc(Oc2ccccc2)cc1. The first kappa shape index (κ1) is 23.1. The van der Waals surface area contributed by atoms with Crippen LogP contribution in [0.15, 0.2) is 60.7 Å². The number of ether oxygens (including phenoxy) is 2. The maximum atomic E-state index is 11.5. The van der Waals surface area contributed by atoms with Gasteiger partial charge in [-0.15, -0.1) is 0 Å². The van der Waals surface area contributed by atoms with Gasteiger partial charge in [0.15, 0.2) is 0 Å². The van der Waals surface area contributed by atoms with Crippen LogP contribution in [-0.4, -0.2) is 36.6 Å². The van der Waals surface area contributed by atoms with E-state index in [9.17, 15) is 4.79 Å². The number of rotatable bonds is 12. The van der Waals surface area contributed by atoms with Crippen molar-refractivity contribution < 1.29 is 14.3 Å². The minimum atomic E-state index is 0.176. The van der Waals surface area contributed by atoms with Crippen LogP contribution in [0, 0.1) is 0 Å². The van der Waals surface area contributed by atoms with Crippen molar-refractivity contribution in [2.75, 3.05) is 19.8 Å². The van der Waals surface area contributed by atoms with E-state index in [1.807, 2.05) is 47.4 Å². The van der Waals surface area contributed by atoms with Gasteiger partial charge < -0.3 is 14.4 Å². The third kappa shape index (κ3) is 8.22. The Morgan fingerprint density at radius 2 is 1.74 bits per heavy atom. The molecule has 1 saturated heterocycles. The van der Waals surface area contributed by atoms with Gasteiger partial charge in [0, 0.05) is 20.1 Å². The Balaban J connectivity index is 1.21. The zero-order valence-electron chi connectivity index (χ0n) is 18.7. The number of likely N-dealkylation sites (tertiary alicyclic amines) is 1. The standard InChI is InChI=1S/C27H35NO3/c1-23(29)28-20-11-13-25(28)22-30-21-10-5-3-2-4-7-12-24-16-18-27(19-17-24)31-26-14-8-6-9-15-26/h6-9,12,14-19,25H,2-5,10-11,13,20-22H2,1H3/b12-7+/t25-/m0/s1. The monoisotopic (exact) mass is 421 g/mol. The molecule has 2 aromatic carbocycles. The van der Waals surface area contributed by atoms with Crippen molar-refractivity contribution in [3.05, 3.63) is 66.2 Å². The summed E-state index contributed by atoms with van der Waals surface area (Å²) in [7, 11) is 0. The summed E-state index contributed by atoms with van der Waals surface area (Å²) < 4.78 is 11.6. The minimum Gasteiger partial charge on any atom is -0.457 e. The smallest absolute Gasteiger partial charge is 0.219 e. The molecule has 0 saturated carbocycles.